The Balaban J connectivity index is 3.45. The highest BCUT2D eigenvalue weighted by Crippen LogP contribution is 2.16. The summed E-state index contributed by atoms with van der Waals surface area (Å²) in [4.78, 5) is 21.8. The van der Waals surface area contributed by atoms with Crippen molar-refractivity contribution in [3.05, 3.63) is 34.6 Å². The zero-order valence-corrected chi connectivity index (χ0v) is 8.21. The van der Waals surface area contributed by atoms with Crippen molar-refractivity contribution in [3.63, 3.8) is 0 Å². The Morgan fingerprint density at radius 2 is 2.27 bits per heavy atom. The molecule has 0 saturated heterocycles. The second-order valence-corrected chi connectivity index (χ2v) is 2.98. The van der Waals surface area contributed by atoms with Gasteiger partial charge in [0.2, 0.25) is 0 Å². The monoisotopic (exact) mass is 225 g/mol. The lowest BCUT2D eigenvalue weighted by Gasteiger charge is -2.03. The molecule has 0 spiro atoms. The van der Waals surface area contributed by atoms with Gasteiger partial charge in [0.05, 0.1) is 23.1 Å². The summed E-state index contributed by atoms with van der Waals surface area (Å²) in [5.41, 5.74) is -0.531. The van der Waals surface area contributed by atoms with Crippen molar-refractivity contribution in [1.29, 1.82) is 5.26 Å². The summed E-state index contributed by atoms with van der Waals surface area (Å²) < 4.78 is 13.3. The summed E-state index contributed by atoms with van der Waals surface area (Å²) in [6.45, 7) is 0. The molecule has 0 heterocycles. The highest BCUT2D eigenvalue weighted by molar-refractivity contribution is 6.31. The Morgan fingerprint density at radius 1 is 1.60 bits per heavy atom. The van der Waals surface area contributed by atoms with E-state index >= 15 is 0 Å². The van der Waals surface area contributed by atoms with E-state index in [2.05, 4.69) is 0 Å². The Morgan fingerprint density at radius 3 is 2.73 bits per heavy atom. The molecule has 3 nitrogen and oxygen atoms in total. The van der Waals surface area contributed by atoms with Crippen LogP contribution in [-0.4, -0.2) is 17.9 Å². The molecule has 0 N–H and O–H groups in total. The predicted molar refractivity (Wildman–Crippen MR) is 51.6 cm³/mol. The number of nitriles is 1. The first kappa shape index (κ1) is 11.3. The van der Waals surface area contributed by atoms with Gasteiger partial charge in [-0.05, 0) is 12.1 Å². The summed E-state index contributed by atoms with van der Waals surface area (Å²) in [7, 11) is 0. The number of nitrogens with zero attached hydrogens (tertiary/aromatic N) is 1. The van der Waals surface area contributed by atoms with Crippen molar-refractivity contribution in [1.82, 2.24) is 0 Å². The van der Waals surface area contributed by atoms with Crippen LogP contribution in [0.5, 0.6) is 0 Å². The average molecular weight is 226 g/mol. The second-order valence-electron chi connectivity index (χ2n) is 2.71. The van der Waals surface area contributed by atoms with Crippen molar-refractivity contribution in [2.75, 3.05) is 5.88 Å². The van der Waals surface area contributed by atoms with Crippen LogP contribution in [0.25, 0.3) is 0 Å². The molecule has 0 aliphatic rings. The number of benzene rings is 1. The van der Waals surface area contributed by atoms with E-state index in [1.807, 2.05) is 0 Å². The van der Waals surface area contributed by atoms with Crippen molar-refractivity contribution in [2.24, 2.45) is 0 Å². The number of rotatable bonds is 3. The van der Waals surface area contributed by atoms with E-state index in [0.717, 1.165) is 12.1 Å². The van der Waals surface area contributed by atoms with Crippen molar-refractivity contribution in [2.45, 2.75) is 0 Å². The van der Waals surface area contributed by atoms with Gasteiger partial charge in [-0.25, -0.2) is 4.39 Å². The fourth-order valence-electron chi connectivity index (χ4n) is 1.15. The Bertz CT molecular complexity index is 465. The molecule has 0 fully saturated rings. The molecule has 0 unspecified atom stereocenters. The largest absolute Gasteiger partial charge is 0.298 e. The highest BCUT2D eigenvalue weighted by atomic mass is 35.5. The molecule has 0 aliphatic carbocycles. The fourth-order valence-corrected chi connectivity index (χ4v) is 1.28. The molecule has 0 aromatic heterocycles. The van der Waals surface area contributed by atoms with Gasteiger partial charge < -0.3 is 0 Å². The van der Waals surface area contributed by atoms with Gasteiger partial charge in [-0.1, -0.05) is 0 Å². The molecular weight excluding hydrogens is 221 g/mol. The van der Waals surface area contributed by atoms with Crippen molar-refractivity contribution < 1.29 is 14.0 Å². The first-order valence-corrected chi connectivity index (χ1v) is 4.45. The molecule has 0 saturated carbocycles. The van der Waals surface area contributed by atoms with Crippen LogP contribution in [0.3, 0.4) is 0 Å². The minimum atomic E-state index is -0.901. The molecule has 5 heteroatoms. The summed E-state index contributed by atoms with van der Waals surface area (Å²) in [6, 6.07) is 3.73. The number of hydrogen-bond donors (Lipinski definition) is 0. The van der Waals surface area contributed by atoms with Crippen LogP contribution in [0.4, 0.5) is 4.39 Å². The van der Waals surface area contributed by atoms with E-state index < -0.39 is 17.5 Å². The first-order valence-electron chi connectivity index (χ1n) is 3.92. The number of carbonyl (C=O) groups is 2. The number of hydrogen-bond acceptors (Lipinski definition) is 3. The highest BCUT2D eigenvalue weighted by Gasteiger charge is 2.16. The normalized spacial score (nSPS) is 9.40. The Labute approximate surface area is 90.1 Å². The Hall–Kier alpha value is -1.73. The number of alkyl halides is 1. The number of Topliss-reactive ketones (excluding diaryl/α,β-unsaturated/α-hetero) is 1. The van der Waals surface area contributed by atoms with Gasteiger partial charge in [-0.3, -0.25) is 9.59 Å². The lowest BCUT2D eigenvalue weighted by molar-refractivity contribution is 0.100. The SMILES string of the molecule is N#Cc1cc(F)c(C(=O)CCl)c(C=O)c1. The third-order valence-corrected chi connectivity index (χ3v) is 2.02. The third-order valence-electron chi connectivity index (χ3n) is 1.78. The molecule has 0 radical (unpaired) electrons. The van der Waals surface area contributed by atoms with E-state index in [-0.39, 0.29) is 16.7 Å². The smallest absolute Gasteiger partial charge is 0.181 e. The number of halogens is 2. The maximum absolute atomic E-state index is 13.3. The minimum absolute atomic E-state index is 0.0132. The van der Waals surface area contributed by atoms with E-state index in [1.165, 1.54) is 0 Å². The molecule has 0 amide bonds. The summed E-state index contributed by atoms with van der Waals surface area (Å²) in [5, 5.41) is 8.53. The molecule has 1 aromatic carbocycles. The average Bonchev–Trinajstić information content (AvgIpc) is 2.26. The quantitative estimate of drug-likeness (QED) is 0.449. The minimum Gasteiger partial charge on any atom is -0.298 e. The number of carbonyl (C=O) groups excluding carboxylic acids is 2. The van der Waals surface area contributed by atoms with Crippen LogP contribution in [-0.2, 0) is 0 Å². The van der Waals surface area contributed by atoms with Crippen molar-refractivity contribution >= 4 is 23.7 Å². The fraction of sp³-hybridized carbons (Fsp3) is 0.100. The van der Waals surface area contributed by atoms with Gasteiger partial charge in [-0.2, -0.15) is 5.26 Å². The predicted octanol–water partition coefficient (Wildman–Crippen LogP) is 1.93. The van der Waals surface area contributed by atoms with Gasteiger partial charge in [0, 0.05) is 5.56 Å². The Kier molecular flexibility index (Phi) is 3.53. The van der Waals surface area contributed by atoms with Gasteiger partial charge in [0.25, 0.3) is 0 Å². The maximum Gasteiger partial charge on any atom is 0.181 e. The molecule has 15 heavy (non-hydrogen) atoms. The number of aldehydes is 1. The van der Waals surface area contributed by atoms with Crippen LogP contribution >= 0.6 is 11.6 Å². The lowest BCUT2D eigenvalue weighted by Crippen LogP contribution is -2.08. The van der Waals surface area contributed by atoms with E-state index in [1.54, 1.807) is 6.07 Å². The summed E-state index contributed by atoms with van der Waals surface area (Å²) >= 11 is 5.26. The molecule has 1 aromatic rings. The summed E-state index contributed by atoms with van der Waals surface area (Å²) in [6.07, 6.45) is 0.323. The first-order chi connectivity index (χ1) is 7.13. The van der Waals surface area contributed by atoms with Gasteiger partial charge in [-0.15, -0.1) is 11.6 Å². The molecule has 1 rings (SSSR count). The lowest BCUT2D eigenvalue weighted by atomic mass is 10.0. The van der Waals surface area contributed by atoms with Crippen LogP contribution in [0, 0.1) is 17.1 Å². The molecule has 0 aliphatic heterocycles. The zero-order chi connectivity index (χ0) is 11.4. The second kappa shape index (κ2) is 4.67. The van der Waals surface area contributed by atoms with Crippen molar-refractivity contribution in [3.8, 4) is 6.07 Å². The van der Waals surface area contributed by atoms with E-state index in [4.69, 9.17) is 16.9 Å². The molecule has 0 atom stereocenters. The molecular formula is C10H5ClFNO2. The standard InChI is InChI=1S/C10H5ClFNO2/c11-3-9(15)10-7(5-14)1-6(4-13)2-8(10)12/h1-2,5H,3H2. The van der Waals surface area contributed by atoms with Crippen LogP contribution in [0.1, 0.15) is 26.3 Å². The van der Waals surface area contributed by atoms with Gasteiger partial charge >= 0.3 is 0 Å². The molecule has 76 valence electrons. The third kappa shape index (κ3) is 2.20. The van der Waals surface area contributed by atoms with Gasteiger partial charge in [0.1, 0.15) is 5.82 Å². The van der Waals surface area contributed by atoms with Crippen LogP contribution < -0.4 is 0 Å². The van der Waals surface area contributed by atoms with E-state index in [0.29, 0.717) is 6.29 Å². The summed E-state index contributed by atoms with van der Waals surface area (Å²) in [5.74, 6) is -1.99. The van der Waals surface area contributed by atoms with E-state index in [9.17, 15) is 14.0 Å². The number of ketones is 1. The van der Waals surface area contributed by atoms with Gasteiger partial charge in [0.15, 0.2) is 12.1 Å². The molecule has 0 bridgehead atoms. The topological polar surface area (TPSA) is 57.9 Å². The maximum atomic E-state index is 13.3. The van der Waals surface area contributed by atoms with Crippen LogP contribution in [0.2, 0.25) is 0 Å². The van der Waals surface area contributed by atoms with Crippen LogP contribution in [0.15, 0.2) is 12.1 Å². The zero-order valence-electron chi connectivity index (χ0n) is 7.46.